The maximum absolute atomic E-state index is 9.19. The molecule has 0 aromatic carbocycles. The molecule has 3 nitrogen and oxygen atoms in total. The second kappa shape index (κ2) is 6.38. The van der Waals surface area contributed by atoms with Gasteiger partial charge in [-0.3, -0.25) is 0 Å². The molecule has 0 saturated carbocycles. The second-order valence-corrected chi connectivity index (χ2v) is 4.58. The molecule has 1 rings (SSSR count). The minimum absolute atomic E-state index is 0.179. The monoisotopic (exact) mass is 201 g/mol. The average molecular weight is 201 g/mol. The Bertz CT molecular complexity index is 144. The summed E-state index contributed by atoms with van der Waals surface area (Å²) in [6.07, 6.45) is 1.90. The van der Waals surface area contributed by atoms with Gasteiger partial charge in [0.15, 0.2) is 0 Å². The Hall–Kier alpha value is -0.120. The number of hydrogen-bond acceptors (Lipinski definition) is 3. The predicted octanol–water partition coefficient (Wildman–Crippen LogP) is 1.02. The number of nitrogens with one attached hydrogen (secondary N) is 1. The van der Waals surface area contributed by atoms with Gasteiger partial charge in [0.05, 0.1) is 12.7 Å². The molecule has 0 aromatic heterocycles. The smallest absolute Gasteiger partial charge is 0.0515 e. The first-order chi connectivity index (χ1) is 6.68. The Kier molecular flexibility index (Phi) is 5.45. The van der Waals surface area contributed by atoms with Crippen LogP contribution in [-0.4, -0.2) is 37.5 Å². The Morgan fingerprint density at radius 1 is 1.50 bits per heavy atom. The summed E-state index contributed by atoms with van der Waals surface area (Å²) in [7, 11) is 0. The van der Waals surface area contributed by atoms with Gasteiger partial charge < -0.3 is 15.2 Å². The number of hydrogen-bond donors (Lipinski definition) is 2. The van der Waals surface area contributed by atoms with Crippen molar-refractivity contribution in [2.24, 2.45) is 11.8 Å². The first kappa shape index (κ1) is 12.0. The van der Waals surface area contributed by atoms with Crippen molar-refractivity contribution in [3.05, 3.63) is 0 Å². The van der Waals surface area contributed by atoms with Gasteiger partial charge >= 0.3 is 0 Å². The lowest BCUT2D eigenvalue weighted by atomic mass is 10.0. The molecule has 0 spiro atoms. The number of ether oxygens (including phenoxy) is 1. The third-order valence-corrected chi connectivity index (χ3v) is 2.69. The van der Waals surface area contributed by atoms with Crippen LogP contribution in [0.1, 0.15) is 26.7 Å². The third kappa shape index (κ3) is 4.94. The van der Waals surface area contributed by atoms with Crippen LogP contribution in [0.2, 0.25) is 0 Å². The molecule has 0 aliphatic carbocycles. The van der Waals surface area contributed by atoms with Crippen LogP contribution in [0.25, 0.3) is 0 Å². The van der Waals surface area contributed by atoms with E-state index in [1.54, 1.807) is 0 Å². The summed E-state index contributed by atoms with van der Waals surface area (Å²) in [4.78, 5) is 0. The number of aliphatic hydroxyl groups excluding tert-OH is 1. The van der Waals surface area contributed by atoms with E-state index in [2.05, 4.69) is 12.2 Å². The normalized spacial score (nSPS) is 26.4. The fraction of sp³-hybridized carbons (Fsp3) is 1.00. The van der Waals surface area contributed by atoms with E-state index in [0.717, 1.165) is 32.7 Å². The summed E-state index contributed by atoms with van der Waals surface area (Å²) in [6.45, 7) is 7.92. The standard InChI is InChI=1S/C11H23NO2/c1-9(5-10(2)13)6-12-7-11-3-4-14-8-11/h9-13H,3-8H2,1-2H3. The van der Waals surface area contributed by atoms with Crippen molar-refractivity contribution in [2.75, 3.05) is 26.3 Å². The second-order valence-electron chi connectivity index (χ2n) is 4.58. The highest BCUT2D eigenvalue weighted by Crippen LogP contribution is 2.11. The van der Waals surface area contributed by atoms with Crippen LogP contribution in [0.15, 0.2) is 0 Å². The van der Waals surface area contributed by atoms with E-state index in [9.17, 15) is 5.11 Å². The molecule has 1 saturated heterocycles. The summed E-state index contributed by atoms with van der Waals surface area (Å²) in [5.41, 5.74) is 0. The van der Waals surface area contributed by atoms with Gasteiger partial charge in [-0.2, -0.15) is 0 Å². The largest absolute Gasteiger partial charge is 0.393 e. The summed E-state index contributed by atoms with van der Waals surface area (Å²) >= 11 is 0. The molecular weight excluding hydrogens is 178 g/mol. The highest BCUT2D eigenvalue weighted by molar-refractivity contribution is 4.68. The summed E-state index contributed by atoms with van der Waals surface area (Å²) in [6, 6.07) is 0. The van der Waals surface area contributed by atoms with E-state index in [4.69, 9.17) is 4.74 Å². The van der Waals surface area contributed by atoms with E-state index >= 15 is 0 Å². The fourth-order valence-electron chi connectivity index (χ4n) is 1.94. The zero-order valence-electron chi connectivity index (χ0n) is 9.33. The fourth-order valence-corrected chi connectivity index (χ4v) is 1.94. The highest BCUT2D eigenvalue weighted by atomic mass is 16.5. The lowest BCUT2D eigenvalue weighted by Gasteiger charge is -2.15. The van der Waals surface area contributed by atoms with Crippen molar-refractivity contribution >= 4 is 0 Å². The maximum Gasteiger partial charge on any atom is 0.0515 e. The van der Waals surface area contributed by atoms with Crippen LogP contribution in [0.5, 0.6) is 0 Å². The zero-order chi connectivity index (χ0) is 10.4. The summed E-state index contributed by atoms with van der Waals surface area (Å²) in [5.74, 6) is 1.26. The summed E-state index contributed by atoms with van der Waals surface area (Å²) in [5, 5.41) is 12.6. The Balaban J connectivity index is 1.96. The Labute approximate surface area is 86.8 Å². The van der Waals surface area contributed by atoms with E-state index in [1.807, 2.05) is 6.92 Å². The SMILES string of the molecule is CC(O)CC(C)CNCC1CCOC1. The predicted molar refractivity (Wildman–Crippen MR) is 57.3 cm³/mol. The molecule has 14 heavy (non-hydrogen) atoms. The Morgan fingerprint density at radius 3 is 2.86 bits per heavy atom. The van der Waals surface area contributed by atoms with Crippen molar-refractivity contribution < 1.29 is 9.84 Å². The van der Waals surface area contributed by atoms with Crippen LogP contribution in [0.4, 0.5) is 0 Å². The van der Waals surface area contributed by atoms with Gasteiger partial charge in [0, 0.05) is 13.2 Å². The van der Waals surface area contributed by atoms with Crippen molar-refractivity contribution in [2.45, 2.75) is 32.8 Å². The lowest BCUT2D eigenvalue weighted by Crippen LogP contribution is -2.28. The van der Waals surface area contributed by atoms with E-state index < -0.39 is 0 Å². The van der Waals surface area contributed by atoms with Gasteiger partial charge in [-0.25, -0.2) is 0 Å². The molecule has 1 fully saturated rings. The van der Waals surface area contributed by atoms with E-state index in [1.165, 1.54) is 6.42 Å². The maximum atomic E-state index is 9.19. The topological polar surface area (TPSA) is 41.5 Å². The molecule has 1 aliphatic heterocycles. The van der Waals surface area contributed by atoms with Crippen LogP contribution in [-0.2, 0) is 4.74 Å². The molecule has 1 aliphatic rings. The van der Waals surface area contributed by atoms with Gasteiger partial charge in [-0.15, -0.1) is 0 Å². The number of aliphatic hydroxyl groups is 1. The van der Waals surface area contributed by atoms with Crippen LogP contribution in [0, 0.1) is 11.8 Å². The quantitative estimate of drug-likeness (QED) is 0.674. The highest BCUT2D eigenvalue weighted by Gasteiger charge is 2.15. The molecule has 3 atom stereocenters. The van der Waals surface area contributed by atoms with Crippen LogP contribution >= 0.6 is 0 Å². The minimum atomic E-state index is -0.179. The molecule has 84 valence electrons. The third-order valence-electron chi connectivity index (χ3n) is 2.69. The molecule has 0 amide bonds. The van der Waals surface area contributed by atoms with Crippen molar-refractivity contribution in [3.63, 3.8) is 0 Å². The molecule has 3 unspecified atom stereocenters. The molecule has 0 radical (unpaired) electrons. The van der Waals surface area contributed by atoms with Gasteiger partial charge in [0.1, 0.15) is 0 Å². The van der Waals surface area contributed by atoms with Gasteiger partial charge in [0.25, 0.3) is 0 Å². The minimum Gasteiger partial charge on any atom is -0.393 e. The summed E-state index contributed by atoms with van der Waals surface area (Å²) < 4.78 is 5.30. The van der Waals surface area contributed by atoms with Gasteiger partial charge in [-0.05, 0) is 38.1 Å². The van der Waals surface area contributed by atoms with Gasteiger partial charge in [0.2, 0.25) is 0 Å². The van der Waals surface area contributed by atoms with Crippen molar-refractivity contribution in [1.82, 2.24) is 5.32 Å². The molecule has 0 aromatic rings. The zero-order valence-corrected chi connectivity index (χ0v) is 9.33. The Morgan fingerprint density at radius 2 is 2.29 bits per heavy atom. The van der Waals surface area contributed by atoms with Crippen LogP contribution in [0.3, 0.4) is 0 Å². The van der Waals surface area contributed by atoms with Gasteiger partial charge in [-0.1, -0.05) is 6.92 Å². The van der Waals surface area contributed by atoms with E-state index in [-0.39, 0.29) is 6.10 Å². The first-order valence-corrected chi connectivity index (χ1v) is 5.65. The van der Waals surface area contributed by atoms with Crippen molar-refractivity contribution in [3.8, 4) is 0 Å². The van der Waals surface area contributed by atoms with E-state index in [0.29, 0.717) is 11.8 Å². The molecule has 3 heteroatoms. The average Bonchev–Trinajstić information content (AvgIpc) is 2.55. The molecule has 2 N–H and O–H groups in total. The lowest BCUT2D eigenvalue weighted by molar-refractivity contribution is 0.162. The van der Waals surface area contributed by atoms with Crippen LogP contribution < -0.4 is 5.32 Å². The first-order valence-electron chi connectivity index (χ1n) is 5.65. The molecule has 0 bridgehead atoms. The molecule has 1 heterocycles. The number of rotatable bonds is 6. The van der Waals surface area contributed by atoms with Crippen molar-refractivity contribution in [1.29, 1.82) is 0 Å². The molecular formula is C11H23NO2.